The molecule has 0 rings (SSSR count). The Morgan fingerprint density at radius 1 is 1.54 bits per heavy atom. The van der Waals surface area contributed by atoms with Crippen molar-refractivity contribution in [2.45, 2.75) is 25.8 Å². The smallest absolute Gasteiger partial charge is 0.122 e. The first-order chi connectivity index (χ1) is 6.04. The lowest BCUT2D eigenvalue weighted by Gasteiger charge is -2.20. The van der Waals surface area contributed by atoms with Gasteiger partial charge in [-0.05, 0) is 20.9 Å². The van der Waals surface area contributed by atoms with Crippen molar-refractivity contribution < 1.29 is 9.53 Å². The molecule has 0 bridgehead atoms. The second kappa shape index (κ2) is 9.64. The summed E-state index contributed by atoms with van der Waals surface area (Å²) < 4.78 is 4.55. The van der Waals surface area contributed by atoms with Gasteiger partial charge >= 0.3 is 0 Å². The number of aldehydes is 1. The Labute approximate surface area is 80.8 Å². The van der Waals surface area contributed by atoms with E-state index in [2.05, 4.69) is 23.9 Å². The molecular weight excluding hydrogens is 168 g/mol. The van der Waals surface area contributed by atoms with Crippen LogP contribution in [-0.4, -0.2) is 39.1 Å². The van der Waals surface area contributed by atoms with Gasteiger partial charge in [-0.1, -0.05) is 0 Å². The molecule has 3 N–H and O–H groups in total. The Bertz CT molecular complexity index is 110. The van der Waals surface area contributed by atoms with Gasteiger partial charge in [0.05, 0.1) is 6.61 Å². The molecule has 0 radical (unpaired) electrons. The van der Waals surface area contributed by atoms with E-state index in [1.807, 2.05) is 7.05 Å². The van der Waals surface area contributed by atoms with E-state index in [9.17, 15) is 4.79 Å². The number of nitrogens with two attached hydrogens (primary N) is 1. The number of nitrogens with one attached hydrogen (secondary N) is 1. The summed E-state index contributed by atoms with van der Waals surface area (Å²) in [6, 6.07) is 0. The number of hydrogen-bond donors (Lipinski definition) is 2. The summed E-state index contributed by atoms with van der Waals surface area (Å²) in [6.45, 7) is 5.35. The van der Waals surface area contributed by atoms with Crippen molar-refractivity contribution in [3.05, 3.63) is 0 Å². The van der Waals surface area contributed by atoms with E-state index in [-0.39, 0.29) is 5.54 Å². The molecule has 0 spiro atoms. The number of carbonyl (C=O) groups is 1. The molecule has 0 fully saturated rings. The Hall–Kier alpha value is -0.450. The molecule has 0 aliphatic heterocycles. The SMILES string of the molecule is CNC(C)(C)CN.COCCC=O. The summed E-state index contributed by atoms with van der Waals surface area (Å²) in [5.74, 6) is 0. The van der Waals surface area contributed by atoms with Gasteiger partial charge in [-0.3, -0.25) is 0 Å². The lowest BCUT2D eigenvalue weighted by atomic mass is 10.1. The zero-order valence-corrected chi connectivity index (χ0v) is 9.09. The van der Waals surface area contributed by atoms with Crippen molar-refractivity contribution in [1.82, 2.24) is 5.32 Å². The third-order valence-electron chi connectivity index (χ3n) is 1.63. The maximum atomic E-state index is 9.48. The van der Waals surface area contributed by atoms with Crippen LogP contribution in [0.1, 0.15) is 20.3 Å². The van der Waals surface area contributed by atoms with Crippen LogP contribution in [0, 0.1) is 0 Å². The molecule has 0 atom stereocenters. The van der Waals surface area contributed by atoms with E-state index in [1.54, 1.807) is 7.11 Å². The largest absolute Gasteiger partial charge is 0.384 e. The van der Waals surface area contributed by atoms with Gasteiger partial charge < -0.3 is 20.6 Å². The summed E-state index contributed by atoms with van der Waals surface area (Å²) in [6.07, 6.45) is 1.35. The van der Waals surface area contributed by atoms with Crippen LogP contribution < -0.4 is 11.1 Å². The number of methoxy groups -OCH3 is 1. The van der Waals surface area contributed by atoms with E-state index in [4.69, 9.17) is 5.73 Å². The third-order valence-corrected chi connectivity index (χ3v) is 1.63. The van der Waals surface area contributed by atoms with Gasteiger partial charge in [-0.25, -0.2) is 0 Å². The van der Waals surface area contributed by atoms with E-state index in [1.165, 1.54) is 0 Å². The molecule has 0 amide bonds. The minimum atomic E-state index is 0.111. The first kappa shape index (κ1) is 15.0. The Balaban J connectivity index is 0. The van der Waals surface area contributed by atoms with Gasteiger partial charge in [-0.15, -0.1) is 0 Å². The van der Waals surface area contributed by atoms with Crippen LogP contribution in [0.5, 0.6) is 0 Å². The number of likely N-dealkylation sites (N-methyl/N-ethyl adjacent to an activating group) is 1. The quantitative estimate of drug-likeness (QED) is 0.479. The highest BCUT2D eigenvalue weighted by Crippen LogP contribution is 1.93. The molecule has 0 unspecified atom stereocenters. The predicted octanol–water partition coefficient (Wildman–Crippen LogP) is 0.165. The van der Waals surface area contributed by atoms with E-state index < -0.39 is 0 Å². The summed E-state index contributed by atoms with van der Waals surface area (Å²) in [5.41, 5.74) is 5.47. The Kier molecular flexibility index (Phi) is 11.2. The van der Waals surface area contributed by atoms with Crippen molar-refractivity contribution in [2.75, 3.05) is 27.3 Å². The molecule has 4 nitrogen and oxygen atoms in total. The molecule has 0 aliphatic carbocycles. The molecule has 0 aromatic heterocycles. The van der Waals surface area contributed by atoms with Crippen LogP contribution in [0.15, 0.2) is 0 Å². The molecular formula is C9H22N2O2. The van der Waals surface area contributed by atoms with Crippen molar-refractivity contribution in [1.29, 1.82) is 0 Å². The van der Waals surface area contributed by atoms with Crippen molar-refractivity contribution in [2.24, 2.45) is 5.73 Å². The highest BCUT2D eigenvalue weighted by molar-refractivity contribution is 5.49. The molecule has 0 saturated heterocycles. The van der Waals surface area contributed by atoms with Gasteiger partial charge in [0.1, 0.15) is 6.29 Å². The second-order valence-corrected chi connectivity index (χ2v) is 3.29. The molecule has 0 aromatic carbocycles. The van der Waals surface area contributed by atoms with Gasteiger partial charge in [-0.2, -0.15) is 0 Å². The average molecular weight is 190 g/mol. The van der Waals surface area contributed by atoms with Crippen molar-refractivity contribution in [3.63, 3.8) is 0 Å². The molecule has 0 heterocycles. The number of hydrogen-bond acceptors (Lipinski definition) is 4. The third kappa shape index (κ3) is 14.4. The van der Waals surface area contributed by atoms with E-state index in [0.717, 1.165) is 6.29 Å². The summed E-state index contributed by atoms with van der Waals surface area (Å²) in [5, 5.41) is 3.07. The molecule has 4 heteroatoms. The van der Waals surface area contributed by atoms with Crippen LogP contribution in [0.2, 0.25) is 0 Å². The monoisotopic (exact) mass is 190 g/mol. The lowest BCUT2D eigenvalue weighted by Crippen LogP contribution is -2.43. The maximum Gasteiger partial charge on any atom is 0.122 e. The first-order valence-corrected chi connectivity index (χ1v) is 4.35. The van der Waals surface area contributed by atoms with Crippen LogP contribution in [0.25, 0.3) is 0 Å². The van der Waals surface area contributed by atoms with Crippen LogP contribution >= 0.6 is 0 Å². The zero-order chi connectivity index (χ0) is 10.7. The summed E-state index contributed by atoms with van der Waals surface area (Å²) >= 11 is 0. The summed E-state index contributed by atoms with van der Waals surface area (Å²) in [7, 11) is 3.48. The maximum absolute atomic E-state index is 9.48. The highest BCUT2D eigenvalue weighted by Gasteiger charge is 2.09. The van der Waals surface area contributed by atoms with Crippen molar-refractivity contribution in [3.8, 4) is 0 Å². The van der Waals surface area contributed by atoms with Gasteiger partial charge in [0, 0.05) is 25.6 Å². The fourth-order valence-electron chi connectivity index (χ4n) is 0.268. The Morgan fingerprint density at radius 3 is 2.15 bits per heavy atom. The number of carbonyl (C=O) groups excluding carboxylic acids is 1. The molecule has 80 valence electrons. The minimum Gasteiger partial charge on any atom is -0.384 e. The fraction of sp³-hybridized carbons (Fsp3) is 0.889. The predicted molar refractivity (Wildman–Crippen MR) is 54.8 cm³/mol. The van der Waals surface area contributed by atoms with Gasteiger partial charge in [0.2, 0.25) is 0 Å². The van der Waals surface area contributed by atoms with Crippen molar-refractivity contribution >= 4 is 6.29 Å². The first-order valence-electron chi connectivity index (χ1n) is 4.35. The van der Waals surface area contributed by atoms with E-state index >= 15 is 0 Å². The number of rotatable bonds is 5. The number of ether oxygens (including phenoxy) is 1. The van der Waals surface area contributed by atoms with Gasteiger partial charge in [0.25, 0.3) is 0 Å². The fourth-order valence-corrected chi connectivity index (χ4v) is 0.268. The Morgan fingerprint density at radius 2 is 2.08 bits per heavy atom. The normalized spacial score (nSPS) is 10.2. The standard InChI is InChI=1S/C5H14N2.C4H8O2/c1-5(2,4-6)7-3;1-6-4-2-3-5/h7H,4,6H2,1-3H3;3H,2,4H2,1H3. The summed E-state index contributed by atoms with van der Waals surface area (Å²) in [4.78, 5) is 9.48. The molecule has 13 heavy (non-hydrogen) atoms. The lowest BCUT2D eigenvalue weighted by molar-refractivity contribution is -0.108. The topological polar surface area (TPSA) is 64.3 Å². The molecule has 0 aliphatic rings. The van der Waals surface area contributed by atoms with Crippen LogP contribution in [0.4, 0.5) is 0 Å². The highest BCUT2D eigenvalue weighted by atomic mass is 16.5. The minimum absolute atomic E-state index is 0.111. The molecule has 0 saturated carbocycles. The average Bonchev–Trinajstić information content (AvgIpc) is 2.16. The van der Waals surface area contributed by atoms with E-state index in [0.29, 0.717) is 19.6 Å². The molecule has 0 aromatic rings. The van der Waals surface area contributed by atoms with Crippen LogP contribution in [0.3, 0.4) is 0 Å². The zero-order valence-electron chi connectivity index (χ0n) is 9.09. The van der Waals surface area contributed by atoms with Gasteiger partial charge in [0.15, 0.2) is 0 Å². The van der Waals surface area contributed by atoms with Crippen LogP contribution in [-0.2, 0) is 9.53 Å². The second-order valence-electron chi connectivity index (χ2n) is 3.29.